The molecule has 7 nitrogen and oxygen atoms in total. The molecule has 1 unspecified atom stereocenters. The van der Waals surface area contributed by atoms with Crippen molar-refractivity contribution in [2.24, 2.45) is 0 Å². The van der Waals surface area contributed by atoms with Crippen molar-refractivity contribution in [2.45, 2.75) is 51.0 Å². The van der Waals surface area contributed by atoms with Crippen molar-refractivity contribution < 1.29 is 27.5 Å². The average molecular weight is 406 g/mol. The molecule has 0 aliphatic heterocycles. The number of nitrogens with one attached hydrogen (secondary N) is 1. The number of hydrogen-bond acceptors (Lipinski definition) is 8. The van der Waals surface area contributed by atoms with Gasteiger partial charge in [0.15, 0.2) is 14.6 Å². The minimum absolute atomic E-state index is 0.0793. The molecule has 1 N–H and O–H groups in total. The number of hydrogen-bond donors (Lipinski definition) is 1. The van der Waals surface area contributed by atoms with Crippen molar-refractivity contribution in [1.82, 2.24) is 5.32 Å². The first-order valence-corrected chi connectivity index (χ1v) is 10.8. The van der Waals surface area contributed by atoms with Crippen LogP contribution in [0.4, 0.5) is 0 Å². The second-order valence-electron chi connectivity index (χ2n) is 7.19. The number of carbonyl (C=O) groups excluding carboxylic acids is 2. The van der Waals surface area contributed by atoms with Crippen LogP contribution in [0.25, 0.3) is 0 Å². The third-order valence-electron chi connectivity index (χ3n) is 3.78. The van der Waals surface area contributed by atoms with Crippen molar-refractivity contribution >= 4 is 33.1 Å². The zero-order valence-electron chi connectivity index (χ0n) is 16.0. The predicted octanol–water partition coefficient (Wildman–Crippen LogP) is 2.16. The molecular formula is C17H27NO6S2. The minimum atomic E-state index is -3.66. The van der Waals surface area contributed by atoms with Crippen LogP contribution in [0.3, 0.4) is 0 Å². The summed E-state index contributed by atoms with van der Waals surface area (Å²) >= 11 is 1.30. The number of esters is 2. The van der Waals surface area contributed by atoms with E-state index < -0.39 is 32.1 Å². The minimum Gasteiger partial charge on any atom is -0.465 e. The lowest BCUT2D eigenvalue weighted by atomic mass is 10.1. The van der Waals surface area contributed by atoms with E-state index in [9.17, 15) is 18.0 Å². The van der Waals surface area contributed by atoms with E-state index >= 15 is 0 Å². The molecule has 1 aromatic heterocycles. The van der Waals surface area contributed by atoms with Crippen molar-refractivity contribution in [2.75, 3.05) is 19.9 Å². The quantitative estimate of drug-likeness (QED) is 0.523. The molecule has 1 heterocycles. The molecule has 0 amide bonds. The van der Waals surface area contributed by atoms with E-state index in [0.717, 1.165) is 11.1 Å². The third kappa shape index (κ3) is 6.07. The lowest BCUT2D eigenvalue weighted by molar-refractivity contribution is -0.157. The van der Waals surface area contributed by atoms with Crippen molar-refractivity contribution in [1.29, 1.82) is 0 Å². The van der Waals surface area contributed by atoms with Crippen LogP contribution in [0.2, 0.25) is 0 Å². The maximum atomic E-state index is 12.4. The lowest BCUT2D eigenvalue weighted by Gasteiger charge is -2.30. The number of carbonyl (C=O) groups is 2. The second-order valence-corrected chi connectivity index (χ2v) is 10.8. The smallest absolute Gasteiger partial charge is 0.348 e. The molecule has 26 heavy (non-hydrogen) atoms. The topological polar surface area (TPSA) is 98.8 Å². The molecule has 0 saturated carbocycles. The van der Waals surface area contributed by atoms with Gasteiger partial charge in [0.1, 0.15) is 10.5 Å². The van der Waals surface area contributed by atoms with E-state index in [-0.39, 0.29) is 6.42 Å². The molecule has 1 rings (SSSR count). The molecule has 0 spiro atoms. The molecule has 0 bridgehead atoms. The molecule has 0 aromatic carbocycles. The van der Waals surface area contributed by atoms with Crippen LogP contribution < -0.4 is 5.32 Å². The summed E-state index contributed by atoms with van der Waals surface area (Å²) in [5.41, 5.74) is -0.766. The van der Waals surface area contributed by atoms with Gasteiger partial charge >= 0.3 is 11.9 Å². The SMILES string of the molecule is COC(=O)c1ccc(CNCCC(C)(C(=O)OC(C)(C)C)S(C)(=O)=O)s1. The number of thiophene rings is 1. The van der Waals surface area contributed by atoms with Gasteiger partial charge in [0.25, 0.3) is 0 Å². The average Bonchev–Trinajstić information content (AvgIpc) is 2.96. The summed E-state index contributed by atoms with van der Waals surface area (Å²) in [6, 6.07) is 3.47. The van der Waals surface area contributed by atoms with E-state index in [1.807, 2.05) is 0 Å². The van der Waals surface area contributed by atoms with E-state index in [2.05, 4.69) is 10.1 Å². The largest absolute Gasteiger partial charge is 0.465 e. The Morgan fingerprint density at radius 2 is 1.81 bits per heavy atom. The van der Waals surface area contributed by atoms with E-state index in [1.54, 1.807) is 32.9 Å². The summed E-state index contributed by atoms with van der Waals surface area (Å²) in [5.74, 6) is -1.14. The van der Waals surface area contributed by atoms with Crippen LogP contribution in [-0.4, -0.2) is 50.6 Å². The van der Waals surface area contributed by atoms with Gasteiger partial charge in [-0.1, -0.05) is 0 Å². The summed E-state index contributed by atoms with van der Waals surface area (Å²) in [6.07, 6.45) is 1.12. The monoisotopic (exact) mass is 405 g/mol. The van der Waals surface area contributed by atoms with Gasteiger partial charge in [-0.05, 0) is 52.8 Å². The van der Waals surface area contributed by atoms with Crippen molar-refractivity contribution in [3.8, 4) is 0 Å². The summed E-state index contributed by atoms with van der Waals surface area (Å²) in [7, 11) is -2.34. The fourth-order valence-electron chi connectivity index (χ4n) is 2.05. The molecule has 0 saturated heterocycles. The zero-order chi connectivity index (χ0) is 20.2. The fraction of sp³-hybridized carbons (Fsp3) is 0.647. The van der Waals surface area contributed by atoms with Gasteiger partial charge in [-0.15, -0.1) is 11.3 Å². The van der Waals surface area contributed by atoms with Crippen LogP contribution >= 0.6 is 11.3 Å². The highest BCUT2D eigenvalue weighted by Crippen LogP contribution is 2.25. The third-order valence-corrected chi connectivity index (χ3v) is 6.85. The van der Waals surface area contributed by atoms with E-state index in [0.29, 0.717) is 18.0 Å². The maximum absolute atomic E-state index is 12.4. The Labute approximate surface area is 159 Å². The molecule has 148 valence electrons. The van der Waals surface area contributed by atoms with Gasteiger partial charge in [0.05, 0.1) is 7.11 Å². The van der Waals surface area contributed by atoms with E-state index in [4.69, 9.17) is 4.74 Å². The molecule has 1 aromatic rings. The molecule has 0 radical (unpaired) electrons. The lowest BCUT2D eigenvalue weighted by Crippen LogP contribution is -2.48. The second kappa shape index (κ2) is 8.49. The Bertz CT molecular complexity index is 748. The number of rotatable bonds is 8. The van der Waals surface area contributed by atoms with E-state index in [1.165, 1.54) is 25.4 Å². The standard InChI is InChI=1S/C17H27NO6S2/c1-16(2,3)24-15(20)17(4,26(6,21)22)9-10-18-11-12-7-8-13(25-12)14(19)23-5/h7-8,18H,9-11H2,1-6H3. The van der Waals surface area contributed by atoms with Crippen LogP contribution in [0, 0.1) is 0 Å². The highest BCUT2D eigenvalue weighted by Gasteiger charge is 2.45. The summed E-state index contributed by atoms with van der Waals surface area (Å²) in [5, 5.41) is 3.10. The van der Waals surface area contributed by atoms with Gasteiger partial charge in [0, 0.05) is 17.7 Å². The normalized spacial score (nSPS) is 14.5. The first kappa shape index (κ1) is 22.6. The Balaban J connectivity index is 2.70. The Hall–Kier alpha value is -1.45. The zero-order valence-corrected chi connectivity index (χ0v) is 17.7. The van der Waals surface area contributed by atoms with Crippen molar-refractivity contribution in [3.63, 3.8) is 0 Å². The maximum Gasteiger partial charge on any atom is 0.348 e. The van der Waals surface area contributed by atoms with Crippen LogP contribution in [0.5, 0.6) is 0 Å². The van der Waals surface area contributed by atoms with Gasteiger partial charge in [-0.3, -0.25) is 4.79 Å². The molecule has 0 fully saturated rings. The summed E-state index contributed by atoms with van der Waals surface area (Å²) in [6.45, 7) is 7.23. The highest BCUT2D eigenvalue weighted by molar-refractivity contribution is 7.92. The Morgan fingerprint density at radius 3 is 2.31 bits per heavy atom. The van der Waals surface area contributed by atoms with Crippen LogP contribution in [-0.2, 0) is 30.7 Å². The number of ether oxygens (including phenoxy) is 2. The summed E-state index contributed by atoms with van der Waals surface area (Å²) in [4.78, 5) is 25.3. The molecule has 0 aliphatic carbocycles. The Kier molecular flexibility index (Phi) is 7.38. The predicted molar refractivity (Wildman–Crippen MR) is 101 cm³/mol. The number of methoxy groups -OCH3 is 1. The fourth-order valence-corrected chi connectivity index (χ4v) is 3.76. The number of sulfone groups is 1. The molecule has 1 atom stereocenters. The molecule has 9 heteroatoms. The molecular weight excluding hydrogens is 378 g/mol. The first-order chi connectivity index (χ1) is 11.8. The summed E-state index contributed by atoms with van der Waals surface area (Å²) < 4.78 is 32.7. The van der Waals surface area contributed by atoms with Crippen LogP contribution in [0.1, 0.15) is 48.7 Å². The first-order valence-electron chi connectivity index (χ1n) is 8.11. The van der Waals surface area contributed by atoms with Gasteiger partial charge < -0.3 is 14.8 Å². The van der Waals surface area contributed by atoms with Gasteiger partial charge in [-0.2, -0.15) is 0 Å². The molecule has 0 aliphatic rings. The Morgan fingerprint density at radius 1 is 1.19 bits per heavy atom. The van der Waals surface area contributed by atoms with Crippen LogP contribution in [0.15, 0.2) is 12.1 Å². The van der Waals surface area contributed by atoms with Crippen molar-refractivity contribution in [3.05, 3.63) is 21.9 Å². The highest BCUT2D eigenvalue weighted by atomic mass is 32.2. The van der Waals surface area contributed by atoms with Gasteiger partial charge in [-0.25, -0.2) is 13.2 Å². The van der Waals surface area contributed by atoms with Gasteiger partial charge in [0.2, 0.25) is 0 Å².